The Hall–Kier alpha value is -1.95. The summed E-state index contributed by atoms with van der Waals surface area (Å²) in [6.45, 7) is 0. The molecule has 1 atom stereocenters. The largest absolute Gasteiger partial charge is 0.345 e. The van der Waals surface area contributed by atoms with E-state index in [9.17, 15) is 18.0 Å². The van der Waals surface area contributed by atoms with E-state index in [2.05, 4.69) is 5.32 Å². The quantitative estimate of drug-likeness (QED) is 0.902. The summed E-state index contributed by atoms with van der Waals surface area (Å²) in [5.41, 5.74) is 0.0278. The maximum atomic E-state index is 13.7. The number of carbonyl (C=O) groups is 1. The number of benzene rings is 2. The highest BCUT2D eigenvalue weighted by Gasteiger charge is 2.25. The molecule has 114 valence electrons. The molecule has 0 saturated carbocycles. The summed E-state index contributed by atoms with van der Waals surface area (Å²) in [6.07, 6.45) is 0.572. The minimum absolute atomic E-state index is 0.405. The van der Waals surface area contributed by atoms with Crippen molar-refractivity contribution < 1.29 is 18.0 Å². The number of hydrogen-bond donors (Lipinski definition) is 1. The molecular weight excluding hydrogens is 311 g/mol. The smallest absolute Gasteiger partial charge is 0.257 e. The fourth-order valence-corrected chi connectivity index (χ4v) is 3.57. The van der Waals surface area contributed by atoms with Crippen molar-refractivity contribution in [2.24, 2.45) is 0 Å². The Balaban J connectivity index is 1.89. The third-order valence-corrected chi connectivity index (χ3v) is 4.63. The van der Waals surface area contributed by atoms with E-state index in [1.807, 2.05) is 0 Å². The lowest BCUT2D eigenvalue weighted by Gasteiger charge is -2.26. The number of thioether (sulfide) groups is 1. The van der Waals surface area contributed by atoms with Gasteiger partial charge in [-0.25, -0.2) is 13.2 Å². The molecule has 1 N–H and O–H groups in total. The summed E-state index contributed by atoms with van der Waals surface area (Å²) >= 11 is 1.56. The summed E-state index contributed by atoms with van der Waals surface area (Å²) in [6, 6.07) is 7.15. The van der Waals surface area contributed by atoms with Crippen LogP contribution in [0.5, 0.6) is 0 Å². The van der Waals surface area contributed by atoms with Gasteiger partial charge in [0.1, 0.15) is 23.0 Å². The molecule has 0 fully saturated rings. The third-order valence-electron chi connectivity index (χ3n) is 3.51. The molecule has 1 amide bonds. The maximum absolute atomic E-state index is 13.7. The molecule has 0 bridgehead atoms. The lowest BCUT2D eigenvalue weighted by molar-refractivity contribution is 0.0926. The average molecular weight is 323 g/mol. The van der Waals surface area contributed by atoms with Crippen molar-refractivity contribution in [1.82, 2.24) is 5.32 Å². The summed E-state index contributed by atoms with van der Waals surface area (Å²) in [5, 5.41) is 2.60. The van der Waals surface area contributed by atoms with Crippen LogP contribution < -0.4 is 5.32 Å². The van der Waals surface area contributed by atoms with E-state index in [1.54, 1.807) is 17.8 Å². The first-order valence-corrected chi connectivity index (χ1v) is 7.72. The Kier molecular flexibility index (Phi) is 4.11. The van der Waals surface area contributed by atoms with Gasteiger partial charge in [0.25, 0.3) is 5.91 Å². The second-order valence-electron chi connectivity index (χ2n) is 4.94. The van der Waals surface area contributed by atoms with Crippen LogP contribution in [0.1, 0.15) is 28.4 Å². The van der Waals surface area contributed by atoms with Crippen LogP contribution in [-0.4, -0.2) is 11.7 Å². The molecule has 6 heteroatoms. The second-order valence-corrected chi connectivity index (χ2v) is 6.08. The molecule has 3 rings (SSSR count). The highest BCUT2D eigenvalue weighted by atomic mass is 32.2. The zero-order valence-corrected chi connectivity index (χ0v) is 12.2. The molecular formula is C16H12F3NOS. The lowest BCUT2D eigenvalue weighted by atomic mass is 10.0. The van der Waals surface area contributed by atoms with E-state index in [4.69, 9.17) is 0 Å². The van der Waals surface area contributed by atoms with Gasteiger partial charge in [0.2, 0.25) is 0 Å². The zero-order valence-electron chi connectivity index (χ0n) is 11.4. The topological polar surface area (TPSA) is 29.1 Å². The van der Waals surface area contributed by atoms with Crippen LogP contribution in [0.2, 0.25) is 0 Å². The number of hydrogen-bond acceptors (Lipinski definition) is 2. The van der Waals surface area contributed by atoms with Gasteiger partial charge in [-0.05, 0) is 42.3 Å². The number of nitrogens with one attached hydrogen (secondary N) is 1. The summed E-state index contributed by atoms with van der Waals surface area (Å²) in [4.78, 5) is 13.0. The molecule has 0 spiro atoms. The highest BCUT2D eigenvalue weighted by Crippen LogP contribution is 2.36. The number of fused-ring (bicyclic) bond motifs is 1. The van der Waals surface area contributed by atoms with Crippen molar-refractivity contribution in [3.63, 3.8) is 0 Å². The van der Waals surface area contributed by atoms with Gasteiger partial charge in [-0.1, -0.05) is 6.07 Å². The highest BCUT2D eigenvalue weighted by molar-refractivity contribution is 7.99. The van der Waals surface area contributed by atoms with Crippen LogP contribution in [0.25, 0.3) is 0 Å². The van der Waals surface area contributed by atoms with E-state index in [0.29, 0.717) is 12.0 Å². The molecule has 1 heterocycles. The SMILES string of the molecule is O=C(NC1CCSc2ccc(F)cc21)c1c(F)cccc1F. The van der Waals surface area contributed by atoms with Crippen molar-refractivity contribution in [3.8, 4) is 0 Å². The molecule has 0 aromatic heterocycles. The van der Waals surface area contributed by atoms with Gasteiger partial charge in [0.05, 0.1) is 6.04 Å². The van der Waals surface area contributed by atoms with Gasteiger partial charge in [-0.3, -0.25) is 4.79 Å². The Morgan fingerprint density at radius 2 is 1.86 bits per heavy atom. The molecule has 2 aromatic carbocycles. The molecule has 2 aromatic rings. The zero-order chi connectivity index (χ0) is 15.7. The monoisotopic (exact) mass is 323 g/mol. The van der Waals surface area contributed by atoms with Gasteiger partial charge in [-0.2, -0.15) is 0 Å². The van der Waals surface area contributed by atoms with Crippen molar-refractivity contribution in [3.05, 3.63) is 65.0 Å². The van der Waals surface area contributed by atoms with E-state index in [1.165, 1.54) is 18.2 Å². The number of halogens is 3. The Bertz CT molecular complexity index is 715. The Morgan fingerprint density at radius 1 is 1.14 bits per heavy atom. The first-order chi connectivity index (χ1) is 10.6. The predicted octanol–water partition coefficient (Wildman–Crippen LogP) is 4.07. The Labute approximate surface area is 129 Å². The van der Waals surface area contributed by atoms with Crippen molar-refractivity contribution in [2.45, 2.75) is 17.4 Å². The number of amides is 1. The van der Waals surface area contributed by atoms with Crippen LogP contribution in [0.15, 0.2) is 41.3 Å². The van der Waals surface area contributed by atoms with Gasteiger partial charge in [0, 0.05) is 10.6 Å². The molecule has 1 unspecified atom stereocenters. The molecule has 0 radical (unpaired) electrons. The molecule has 1 aliphatic rings. The van der Waals surface area contributed by atoms with Crippen LogP contribution in [0.3, 0.4) is 0 Å². The van der Waals surface area contributed by atoms with E-state index in [-0.39, 0.29) is 0 Å². The normalized spacial score (nSPS) is 17.0. The average Bonchev–Trinajstić information content (AvgIpc) is 2.47. The standard InChI is InChI=1S/C16H12F3NOS/c17-9-4-5-14-10(8-9)13(6-7-22-14)20-16(21)15-11(18)2-1-3-12(15)19/h1-5,8,13H,6-7H2,(H,20,21). The van der Waals surface area contributed by atoms with Gasteiger partial charge < -0.3 is 5.32 Å². The molecule has 0 saturated heterocycles. The van der Waals surface area contributed by atoms with Crippen LogP contribution in [0.4, 0.5) is 13.2 Å². The van der Waals surface area contributed by atoms with Crippen molar-refractivity contribution in [1.29, 1.82) is 0 Å². The van der Waals surface area contributed by atoms with Crippen LogP contribution >= 0.6 is 11.8 Å². The van der Waals surface area contributed by atoms with Crippen molar-refractivity contribution >= 4 is 17.7 Å². The molecule has 22 heavy (non-hydrogen) atoms. The first kappa shape index (κ1) is 15.0. The molecule has 0 aliphatic carbocycles. The summed E-state index contributed by atoms with van der Waals surface area (Å²) in [5.74, 6) is -2.33. The molecule has 1 aliphatic heterocycles. The van der Waals surface area contributed by atoms with Gasteiger partial charge >= 0.3 is 0 Å². The second kappa shape index (κ2) is 6.04. The minimum Gasteiger partial charge on any atom is -0.345 e. The Morgan fingerprint density at radius 3 is 2.59 bits per heavy atom. The van der Waals surface area contributed by atoms with E-state index in [0.717, 1.165) is 22.8 Å². The fourth-order valence-electron chi connectivity index (χ4n) is 2.46. The summed E-state index contributed by atoms with van der Waals surface area (Å²) in [7, 11) is 0. The number of rotatable bonds is 2. The first-order valence-electron chi connectivity index (χ1n) is 6.73. The minimum atomic E-state index is -0.915. The van der Waals surface area contributed by atoms with Gasteiger partial charge in [0.15, 0.2) is 0 Å². The molecule has 2 nitrogen and oxygen atoms in total. The lowest BCUT2D eigenvalue weighted by Crippen LogP contribution is -2.32. The van der Waals surface area contributed by atoms with Gasteiger partial charge in [-0.15, -0.1) is 11.8 Å². The van der Waals surface area contributed by atoms with Crippen molar-refractivity contribution in [2.75, 3.05) is 5.75 Å². The van der Waals surface area contributed by atoms with Crippen LogP contribution in [0, 0.1) is 17.5 Å². The predicted molar refractivity (Wildman–Crippen MR) is 78.3 cm³/mol. The number of carbonyl (C=O) groups excluding carboxylic acids is 1. The van der Waals surface area contributed by atoms with E-state index >= 15 is 0 Å². The third kappa shape index (κ3) is 2.83. The summed E-state index contributed by atoms with van der Waals surface area (Å²) < 4.78 is 40.7. The fraction of sp³-hybridized carbons (Fsp3) is 0.188. The van der Waals surface area contributed by atoms with Crippen LogP contribution in [-0.2, 0) is 0 Å². The maximum Gasteiger partial charge on any atom is 0.257 e. The van der Waals surface area contributed by atoms with E-state index < -0.39 is 35.0 Å².